The van der Waals surface area contributed by atoms with E-state index in [2.05, 4.69) is 10.3 Å². The fourth-order valence-corrected chi connectivity index (χ4v) is 2.83. The van der Waals surface area contributed by atoms with Crippen LogP contribution in [0.15, 0.2) is 4.99 Å². The summed E-state index contributed by atoms with van der Waals surface area (Å²) < 4.78 is 0. The van der Waals surface area contributed by atoms with E-state index in [0.29, 0.717) is 12.0 Å². The second-order valence-corrected chi connectivity index (χ2v) is 4.29. The molecule has 3 heteroatoms. The molecule has 2 bridgehead atoms. The highest BCUT2D eigenvalue weighted by Gasteiger charge is 2.39. The van der Waals surface area contributed by atoms with Crippen LogP contribution in [0.4, 0.5) is 0 Å². The minimum absolute atomic E-state index is 0.619. The van der Waals surface area contributed by atoms with Crippen molar-refractivity contribution in [2.75, 3.05) is 6.54 Å². The van der Waals surface area contributed by atoms with E-state index in [-0.39, 0.29) is 0 Å². The SMILES string of the molecule is CCN=C(N)NC1CC2CCC1C2. The van der Waals surface area contributed by atoms with E-state index in [0.717, 1.165) is 18.4 Å². The van der Waals surface area contributed by atoms with E-state index in [1.807, 2.05) is 6.92 Å². The number of guanidine groups is 1. The van der Waals surface area contributed by atoms with Crippen molar-refractivity contribution in [1.29, 1.82) is 0 Å². The average molecular weight is 181 g/mol. The van der Waals surface area contributed by atoms with Gasteiger partial charge in [0.05, 0.1) is 0 Å². The molecule has 0 amide bonds. The Morgan fingerprint density at radius 2 is 2.31 bits per heavy atom. The van der Waals surface area contributed by atoms with Crippen LogP contribution < -0.4 is 11.1 Å². The zero-order chi connectivity index (χ0) is 9.26. The molecule has 0 spiro atoms. The Hall–Kier alpha value is -0.730. The third kappa shape index (κ3) is 1.79. The van der Waals surface area contributed by atoms with Crippen molar-refractivity contribution >= 4 is 5.96 Å². The molecule has 2 aliphatic rings. The minimum Gasteiger partial charge on any atom is -0.370 e. The summed E-state index contributed by atoms with van der Waals surface area (Å²) >= 11 is 0. The highest BCUT2D eigenvalue weighted by Crippen LogP contribution is 2.44. The Bertz CT molecular complexity index is 212. The first-order chi connectivity index (χ1) is 6.29. The molecule has 3 N–H and O–H groups in total. The normalized spacial score (nSPS) is 38.2. The lowest BCUT2D eigenvalue weighted by atomic mass is 9.95. The first-order valence-electron chi connectivity index (χ1n) is 5.36. The molecule has 0 aromatic heterocycles. The van der Waals surface area contributed by atoms with Gasteiger partial charge in [0, 0.05) is 12.6 Å². The topological polar surface area (TPSA) is 50.4 Å². The van der Waals surface area contributed by atoms with Crippen LogP contribution in [0, 0.1) is 11.8 Å². The molecule has 13 heavy (non-hydrogen) atoms. The van der Waals surface area contributed by atoms with Crippen LogP contribution in [0.2, 0.25) is 0 Å². The van der Waals surface area contributed by atoms with Gasteiger partial charge in [-0.3, -0.25) is 4.99 Å². The summed E-state index contributed by atoms with van der Waals surface area (Å²) in [5.41, 5.74) is 5.73. The Morgan fingerprint density at radius 3 is 2.85 bits per heavy atom. The fraction of sp³-hybridized carbons (Fsp3) is 0.900. The number of rotatable bonds is 2. The van der Waals surface area contributed by atoms with Crippen LogP contribution in [0.5, 0.6) is 0 Å². The second-order valence-electron chi connectivity index (χ2n) is 4.29. The van der Waals surface area contributed by atoms with E-state index < -0.39 is 0 Å². The Labute approximate surface area is 79.8 Å². The van der Waals surface area contributed by atoms with Crippen LogP contribution in [0.25, 0.3) is 0 Å². The lowest BCUT2D eigenvalue weighted by molar-refractivity contribution is 0.389. The van der Waals surface area contributed by atoms with Crippen LogP contribution in [-0.2, 0) is 0 Å². The smallest absolute Gasteiger partial charge is 0.188 e. The predicted octanol–water partition coefficient (Wildman–Crippen LogP) is 1.10. The largest absolute Gasteiger partial charge is 0.370 e. The number of aliphatic imine (C=N–C) groups is 1. The van der Waals surface area contributed by atoms with Crippen LogP contribution in [-0.4, -0.2) is 18.5 Å². The zero-order valence-electron chi connectivity index (χ0n) is 8.29. The van der Waals surface area contributed by atoms with Gasteiger partial charge in [-0.1, -0.05) is 6.42 Å². The quantitative estimate of drug-likeness (QED) is 0.495. The predicted molar refractivity (Wildman–Crippen MR) is 54.5 cm³/mol. The molecule has 0 aliphatic heterocycles. The molecule has 74 valence electrons. The number of nitrogens with zero attached hydrogens (tertiary/aromatic N) is 1. The first kappa shape index (κ1) is 8.85. The molecule has 3 nitrogen and oxygen atoms in total. The van der Waals surface area contributed by atoms with Crippen LogP contribution in [0.1, 0.15) is 32.6 Å². The molecule has 3 atom stereocenters. The molecular weight excluding hydrogens is 162 g/mol. The van der Waals surface area contributed by atoms with Crippen molar-refractivity contribution in [1.82, 2.24) is 5.32 Å². The van der Waals surface area contributed by atoms with Gasteiger partial charge in [-0.2, -0.15) is 0 Å². The minimum atomic E-state index is 0.619. The van der Waals surface area contributed by atoms with Gasteiger partial charge in [0.2, 0.25) is 0 Å². The van der Waals surface area contributed by atoms with Crippen molar-refractivity contribution in [2.24, 2.45) is 22.6 Å². The van der Waals surface area contributed by atoms with Gasteiger partial charge in [0.25, 0.3) is 0 Å². The Morgan fingerprint density at radius 1 is 1.46 bits per heavy atom. The summed E-state index contributed by atoms with van der Waals surface area (Å²) in [4.78, 5) is 4.15. The van der Waals surface area contributed by atoms with E-state index in [4.69, 9.17) is 5.73 Å². The van der Waals surface area contributed by atoms with Crippen molar-refractivity contribution in [3.05, 3.63) is 0 Å². The Kier molecular flexibility index (Phi) is 2.42. The van der Waals surface area contributed by atoms with Crippen molar-refractivity contribution in [3.63, 3.8) is 0 Å². The first-order valence-corrected chi connectivity index (χ1v) is 5.36. The van der Waals surface area contributed by atoms with Gasteiger partial charge in [0.15, 0.2) is 5.96 Å². The number of fused-ring (bicyclic) bond motifs is 2. The zero-order valence-corrected chi connectivity index (χ0v) is 8.29. The monoisotopic (exact) mass is 181 g/mol. The second kappa shape index (κ2) is 3.56. The van der Waals surface area contributed by atoms with Crippen molar-refractivity contribution < 1.29 is 0 Å². The van der Waals surface area contributed by atoms with E-state index in [9.17, 15) is 0 Å². The number of hydrogen-bond acceptors (Lipinski definition) is 1. The van der Waals surface area contributed by atoms with Gasteiger partial charge in [0.1, 0.15) is 0 Å². The molecule has 2 fully saturated rings. The lowest BCUT2D eigenvalue weighted by Gasteiger charge is -2.23. The van der Waals surface area contributed by atoms with Gasteiger partial charge in [-0.05, 0) is 38.0 Å². The molecule has 3 unspecified atom stereocenters. The maximum Gasteiger partial charge on any atom is 0.188 e. The molecule has 0 saturated heterocycles. The third-order valence-corrected chi connectivity index (χ3v) is 3.40. The van der Waals surface area contributed by atoms with Crippen molar-refractivity contribution in [3.8, 4) is 0 Å². The Balaban J connectivity index is 1.86. The molecule has 2 aliphatic carbocycles. The van der Waals surface area contributed by atoms with Gasteiger partial charge < -0.3 is 11.1 Å². The van der Waals surface area contributed by atoms with E-state index >= 15 is 0 Å². The van der Waals surface area contributed by atoms with E-state index in [1.54, 1.807) is 0 Å². The maximum absolute atomic E-state index is 5.73. The highest BCUT2D eigenvalue weighted by atomic mass is 15.1. The summed E-state index contributed by atoms with van der Waals surface area (Å²) in [7, 11) is 0. The van der Waals surface area contributed by atoms with E-state index in [1.165, 1.54) is 25.7 Å². The fourth-order valence-electron chi connectivity index (χ4n) is 2.83. The van der Waals surface area contributed by atoms with Gasteiger partial charge in [-0.25, -0.2) is 0 Å². The molecule has 2 saturated carbocycles. The van der Waals surface area contributed by atoms with Gasteiger partial charge >= 0.3 is 0 Å². The standard InChI is InChI=1S/C10H19N3/c1-2-12-10(11)13-9-6-7-3-4-8(9)5-7/h7-9H,2-6H2,1H3,(H3,11,12,13). The van der Waals surface area contributed by atoms with Crippen LogP contribution >= 0.6 is 0 Å². The molecule has 2 rings (SSSR count). The number of hydrogen-bond donors (Lipinski definition) is 2. The summed E-state index contributed by atoms with van der Waals surface area (Å²) in [6.45, 7) is 2.79. The number of nitrogens with two attached hydrogens (primary N) is 1. The molecule has 0 aromatic carbocycles. The highest BCUT2D eigenvalue weighted by molar-refractivity contribution is 5.78. The lowest BCUT2D eigenvalue weighted by Crippen LogP contribution is -2.42. The average Bonchev–Trinajstić information content (AvgIpc) is 2.65. The molecule has 0 heterocycles. The third-order valence-electron chi connectivity index (χ3n) is 3.40. The maximum atomic E-state index is 5.73. The molecule has 0 radical (unpaired) electrons. The summed E-state index contributed by atoms with van der Waals surface area (Å²) in [6.07, 6.45) is 5.55. The van der Waals surface area contributed by atoms with Gasteiger partial charge in [-0.15, -0.1) is 0 Å². The number of nitrogens with one attached hydrogen (secondary N) is 1. The summed E-state index contributed by atoms with van der Waals surface area (Å²) in [6, 6.07) is 0.619. The molecule has 0 aromatic rings. The summed E-state index contributed by atoms with van der Waals surface area (Å²) in [5.74, 6) is 2.48. The summed E-state index contributed by atoms with van der Waals surface area (Å²) in [5, 5.41) is 3.34. The molecular formula is C10H19N3. The van der Waals surface area contributed by atoms with Crippen LogP contribution in [0.3, 0.4) is 0 Å². The van der Waals surface area contributed by atoms with Crippen molar-refractivity contribution in [2.45, 2.75) is 38.6 Å².